The van der Waals surface area contributed by atoms with Crippen molar-refractivity contribution in [1.82, 2.24) is 10.6 Å². The second-order valence-corrected chi connectivity index (χ2v) is 5.36. The Hall–Kier alpha value is -2.29. The summed E-state index contributed by atoms with van der Waals surface area (Å²) in [5, 5.41) is 15.9. The van der Waals surface area contributed by atoms with E-state index in [2.05, 4.69) is 22.8 Å². The van der Waals surface area contributed by atoms with Crippen molar-refractivity contribution in [3.05, 3.63) is 54.3 Å². The van der Waals surface area contributed by atoms with Gasteiger partial charge in [-0.15, -0.1) is 0 Å². The number of ether oxygens (including phenoxy) is 2. The van der Waals surface area contributed by atoms with Gasteiger partial charge in [-0.25, -0.2) is 0 Å². The molecule has 0 spiro atoms. The first-order valence-electron chi connectivity index (χ1n) is 7.40. The summed E-state index contributed by atoms with van der Waals surface area (Å²) < 4.78 is 11.9. The van der Waals surface area contributed by atoms with Crippen LogP contribution in [0.25, 0.3) is 0 Å². The molecule has 1 fully saturated rings. The number of nitrogens with one attached hydrogen (secondary N) is 2. The fraction of sp³-hybridized carbons (Fsp3) is 0.353. The average Bonchev–Trinajstić information content (AvgIpc) is 2.62. The number of rotatable bonds is 4. The number of nitrogens with zero attached hydrogens (tertiary/aromatic N) is 1. The van der Waals surface area contributed by atoms with Gasteiger partial charge in [-0.3, -0.25) is 0 Å². The SMILES string of the molecule is N#Cc1ccccc1OCC1(C2CNCCO2)C=CC=CN1. The second kappa shape index (κ2) is 6.65. The summed E-state index contributed by atoms with van der Waals surface area (Å²) in [6, 6.07) is 9.42. The Morgan fingerprint density at radius 3 is 3.00 bits per heavy atom. The van der Waals surface area contributed by atoms with Crippen LogP contribution >= 0.6 is 0 Å². The number of hydrogen-bond donors (Lipinski definition) is 2. The number of benzene rings is 1. The van der Waals surface area contributed by atoms with Gasteiger partial charge in [-0.1, -0.05) is 24.3 Å². The number of dihydropyridines is 1. The number of morpholine rings is 1. The van der Waals surface area contributed by atoms with E-state index in [-0.39, 0.29) is 6.10 Å². The zero-order chi connectivity index (χ0) is 15.3. The molecule has 1 saturated heterocycles. The fourth-order valence-corrected chi connectivity index (χ4v) is 2.70. The lowest BCUT2D eigenvalue weighted by Crippen LogP contribution is -2.62. The molecule has 5 nitrogen and oxygen atoms in total. The maximum atomic E-state index is 9.16. The Kier molecular flexibility index (Phi) is 4.42. The highest BCUT2D eigenvalue weighted by molar-refractivity contribution is 5.42. The molecule has 5 heteroatoms. The third kappa shape index (κ3) is 2.98. The highest BCUT2D eigenvalue weighted by atomic mass is 16.5. The molecule has 114 valence electrons. The molecule has 0 aliphatic carbocycles. The summed E-state index contributed by atoms with van der Waals surface area (Å²) in [6.07, 6.45) is 7.87. The molecule has 2 aliphatic heterocycles. The molecule has 1 aromatic rings. The van der Waals surface area contributed by atoms with Crippen molar-refractivity contribution in [3.63, 3.8) is 0 Å². The number of hydrogen-bond acceptors (Lipinski definition) is 5. The van der Waals surface area contributed by atoms with Crippen LogP contribution in [-0.2, 0) is 4.74 Å². The molecule has 2 atom stereocenters. The molecule has 2 unspecified atom stereocenters. The van der Waals surface area contributed by atoms with Gasteiger partial charge in [0.15, 0.2) is 0 Å². The summed E-state index contributed by atoms with van der Waals surface area (Å²) in [6.45, 7) is 2.69. The van der Waals surface area contributed by atoms with Crippen LogP contribution in [0.5, 0.6) is 5.75 Å². The van der Waals surface area contributed by atoms with Gasteiger partial charge in [0.1, 0.15) is 24.0 Å². The minimum Gasteiger partial charge on any atom is -0.489 e. The molecule has 2 heterocycles. The zero-order valence-electron chi connectivity index (χ0n) is 12.3. The van der Waals surface area contributed by atoms with Crippen molar-refractivity contribution < 1.29 is 9.47 Å². The lowest BCUT2D eigenvalue weighted by Gasteiger charge is -2.41. The lowest BCUT2D eigenvalue weighted by molar-refractivity contribution is -0.0281. The van der Waals surface area contributed by atoms with Gasteiger partial charge in [0.25, 0.3) is 0 Å². The Labute approximate surface area is 130 Å². The number of para-hydroxylation sites is 1. The smallest absolute Gasteiger partial charge is 0.137 e. The number of nitriles is 1. The molecular weight excluding hydrogens is 278 g/mol. The molecule has 1 aromatic carbocycles. The third-order valence-electron chi connectivity index (χ3n) is 3.93. The van der Waals surface area contributed by atoms with Crippen molar-refractivity contribution >= 4 is 0 Å². The Balaban J connectivity index is 1.77. The first-order chi connectivity index (χ1) is 10.8. The van der Waals surface area contributed by atoms with Gasteiger partial charge in [0.2, 0.25) is 0 Å². The molecule has 0 bridgehead atoms. The molecule has 2 aliphatic rings. The van der Waals surface area contributed by atoms with Gasteiger partial charge in [0.05, 0.1) is 18.3 Å². The van der Waals surface area contributed by atoms with Crippen LogP contribution in [0.2, 0.25) is 0 Å². The Bertz CT molecular complexity index is 615. The summed E-state index contributed by atoms with van der Waals surface area (Å²) in [7, 11) is 0. The lowest BCUT2D eigenvalue weighted by atomic mass is 9.90. The first kappa shape index (κ1) is 14.6. The Morgan fingerprint density at radius 1 is 1.36 bits per heavy atom. The van der Waals surface area contributed by atoms with E-state index >= 15 is 0 Å². The quantitative estimate of drug-likeness (QED) is 0.878. The van der Waals surface area contributed by atoms with E-state index in [0.717, 1.165) is 13.1 Å². The van der Waals surface area contributed by atoms with Crippen LogP contribution in [0.15, 0.2) is 48.7 Å². The average molecular weight is 297 g/mol. The maximum absolute atomic E-state index is 9.16. The van der Waals surface area contributed by atoms with E-state index in [1.807, 2.05) is 36.6 Å². The van der Waals surface area contributed by atoms with Crippen LogP contribution in [0.4, 0.5) is 0 Å². The van der Waals surface area contributed by atoms with Crippen LogP contribution in [0, 0.1) is 11.3 Å². The summed E-state index contributed by atoms with van der Waals surface area (Å²) in [4.78, 5) is 0. The normalized spacial score (nSPS) is 27.0. The maximum Gasteiger partial charge on any atom is 0.137 e. The molecular formula is C17H19N3O2. The van der Waals surface area contributed by atoms with Crippen molar-refractivity contribution in [3.8, 4) is 11.8 Å². The Morgan fingerprint density at radius 2 is 2.27 bits per heavy atom. The first-order valence-corrected chi connectivity index (χ1v) is 7.40. The van der Waals surface area contributed by atoms with E-state index < -0.39 is 5.54 Å². The zero-order valence-corrected chi connectivity index (χ0v) is 12.3. The van der Waals surface area contributed by atoms with Crippen molar-refractivity contribution in [2.45, 2.75) is 11.6 Å². The van der Waals surface area contributed by atoms with Crippen molar-refractivity contribution in [2.75, 3.05) is 26.3 Å². The molecule has 0 amide bonds. The monoisotopic (exact) mass is 297 g/mol. The standard InChI is InChI=1S/C17H19N3O2/c18-11-14-5-1-2-6-15(14)22-13-17(7-3-4-8-20-17)16-12-19-9-10-21-16/h1-8,16,19-20H,9-10,12-13H2. The van der Waals surface area contributed by atoms with Gasteiger partial charge >= 0.3 is 0 Å². The minimum atomic E-state index is -0.440. The molecule has 22 heavy (non-hydrogen) atoms. The van der Waals surface area contributed by atoms with Crippen LogP contribution < -0.4 is 15.4 Å². The highest BCUT2D eigenvalue weighted by Crippen LogP contribution is 2.24. The van der Waals surface area contributed by atoms with Crippen LogP contribution in [-0.4, -0.2) is 37.9 Å². The van der Waals surface area contributed by atoms with E-state index in [9.17, 15) is 0 Å². The minimum absolute atomic E-state index is 0.0308. The predicted octanol–water partition coefficient (Wildman–Crippen LogP) is 1.34. The topological polar surface area (TPSA) is 66.3 Å². The van der Waals surface area contributed by atoms with Gasteiger partial charge in [-0.2, -0.15) is 5.26 Å². The highest BCUT2D eigenvalue weighted by Gasteiger charge is 2.39. The van der Waals surface area contributed by atoms with E-state index in [0.29, 0.717) is 24.5 Å². The van der Waals surface area contributed by atoms with Crippen LogP contribution in [0.1, 0.15) is 5.56 Å². The van der Waals surface area contributed by atoms with Gasteiger partial charge < -0.3 is 20.1 Å². The largest absolute Gasteiger partial charge is 0.489 e. The van der Waals surface area contributed by atoms with Crippen molar-refractivity contribution in [1.29, 1.82) is 5.26 Å². The third-order valence-corrected chi connectivity index (χ3v) is 3.93. The van der Waals surface area contributed by atoms with Gasteiger partial charge in [-0.05, 0) is 24.4 Å². The van der Waals surface area contributed by atoms with Crippen molar-refractivity contribution in [2.24, 2.45) is 0 Å². The molecule has 2 N–H and O–H groups in total. The second-order valence-electron chi connectivity index (χ2n) is 5.36. The van der Waals surface area contributed by atoms with E-state index in [1.165, 1.54) is 0 Å². The molecule has 0 radical (unpaired) electrons. The number of allylic oxidation sites excluding steroid dienone is 2. The summed E-state index contributed by atoms with van der Waals surface area (Å²) >= 11 is 0. The van der Waals surface area contributed by atoms with E-state index in [1.54, 1.807) is 6.07 Å². The summed E-state index contributed by atoms with van der Waals surface area (Å²) in [5.41, 5.74) is 0.0979. The summed E-state index contributed by atoms with van der Waals surface area (Å²) in [5.74, 6) is 0.595. The van der Waals surface area contributed by atoms with E-state index in [4.69, 9.17) is 14.7 Å². The molecule has 0 saturated carbocycles. The molecule has 0 aromatic heterocycles. The molecule has 3 rings (SSSR count). The van der Waals surface area contributed by atoms with Crippen LogP contribution in [0.3, 0.4) is 0 Å². The predicted molar refractivity (Wildman–Crippen MR) is 83.4 cm³/mol. The fourth-order valence-electron chi connectivity index (χ4n) is 2.70. The van der Waals surface area contributed by atoms with Gasteiger partial charge in [0, 0.05) is 13.1 Å².